The zero-order valence-corrected chi connectivity index (χ0v) is 11.3. The van der Waals surface area contributed by atoms with Gasteiger partial charge in [-0.25, -0.2) is 0 Å². The molecule has 0 saturated heterocycles. The maximum atomic E-state index is 6.07. The summed E-state index contributed by atoms with van der Waals surface area (Å²) in [6, 6.07) is 16.2. The van der Waals surface area contributed by atoms with E-state index < -0.39 is 0 Å². The van der Waals surface area contributed by atoms with Gasteiger partial charge in [0.15, 0.2) is 0 Å². The van der Waals surface area contributed by atoms with E-state index in [2.05, 4.69) is 24.0 Å². The third-order valence-electron chi connectivity index (χ3n) is 3.79. The molecule has 0 fully saturated rings. The van der Waals surface area contributed by atoms with Crippen molar-refractivity contribution in [1.82, 2.24) is 0 Å². The van der Waals surface area contributed by atoms with Crippen LogP contribution in [0.4, 0.5) is 11.6 Å². The molecule has 3 heteroatoms. The SMILES string of the molecule is Cc1c(N2CCOc3ccccc32)oc2ccccc12. The zero-order valence-electron chi connectivity index (χ0n) is 11.3. The standard InChI is InChI=1S/C17H15NO2/c1-12-13-6-2-4-8-15(13)20-17(12)18-10-11-19-16-9-5-3-7-14(16)18/h2-9H,10-11H2,1H3. The van der Waals surface area contributed by atoms with Crippen LogP contribution in [0.25, 0.3) is 11.0 Å². The number of benzene rings is 2. The Labute approximate surface area is 117 Å². The van der Waals surface area contributed by atoms with Gasteiger partial charge in [-0.05, 0) is 25.1 Å². The molecular weight excluding hydrogens is 250 g/mol. The largest absolute Gasteiger partial charge is 0.490 e. The maximum Gasteiger partial charge on any atom is 0.204 e. The van der Waals surface area contributed by atoms with E-state index in [-0.39, 0.29) is 0 Å². The van der Waals surface area contributed by atoms with Crippen LogP contribution in [-0.2, 0) is 0 Å². The van der Waals surface area contributed by atoms with E-state index >= 15 is 0 Å². The Morgan fingerprint density at radius 3 is 2.70 bits per heavy atom. The molecule has 1 aliphatic heterocycles. The summed E-state index contributed by atoms with van der Waals surface area (Å²) in [5.74, 6) is 1.83. The van der Waals surface area contributed by atoms with Gasteiger partial charge in [0.05, 0.1) is 12.2 Å². The smallest absolute Gasteiger partial charge is 0.204 e. The first kappa shape index (κ1) is 11.4. The van der Waals surface area contributed by atoms with Crippen molar-refractivity contribution < 1.29 is 9.15 Å². The van der Waals surface area contributed by atoms with Crippen LogP contribution < -0.4 is 9.64 Å². The van der Waals surface area contributed by atoms with Crippen molar-refractivity contribution in [1.29, 1.82) is 0 Å². The molecule has 100 valence electrons. The highest BCUT2D eigenvalue weighted by atomic mass is 16.5. The third kappa shape index (κ3) is 1.59. The molecule has 1 aromatic heterocycles. The van der Waals surface area contributed by atoms with Gasteiger partial charge in [-0.2, -0.15) is 0 Å². The molecule has 0 N–H and O–H groups in total. The van der Waals surface area contributed by atoms with E-state index in [4.69, 9.17) is 9.15 Å². The van der Waals surface area contributed by atoms with Crippen LogP contribution in [0, 0.1) is 6.92 Å². The summed E-state index contributed by atoms with van der Waals surface area (Å²) >= 11 is 0. The summed E-state index contributed by atoms with van der Waals surface area (Å²) in [5, 5.41) is 1.17. The summed E-state index contributed by atoms with van der Waals surface area (Å²) in [6.07, 6.45) is 0. The molecule has 0 spiro atoms. The molecule has 1 aliphatic rings. The fraction of sp³-hybridized carbons (Fsp3) is 0.176. The zero-order chi connectivity index (χ0) is 13.5. The molecule has 20 heavy (non-hydrogen) atoms. The molecule has 2 aromatic carbocycles. The van der Waals surface area contributed by atoms with Crippen LogP contribution in [0.3, 0.4) is 0 Å². The van der Waals surface area contributed by atoms with Crippen LogP contribution >= 0.6 is 0 Å². The quantitative estimate of drug-likeness (QED) is 0.657. The predicted molar refractivity (Wildman–Crippen MR) is 79.9 cm³/mol. The summed E-state index contributed by atoms with van der Waals surface area (Å²) in [4.78, 5) is 2.20. The number of nitrogens with zero attached hydrogens (tertiary/aromatic N) is 1. The van der Waals surface area contributed by atoms with Gasteiger partial charge in [-0.3, -0.25) is 0 Å². The molecule has 2 heterocycles. The van der Waals surface area contributed by atoms with Crippen LogP contribution in [0.1, 0.15) is 5.56 Å². The van der Waals surface area contributed by atoms with Gasteiger partial charge >= 0.3 is 0 Å². The Hall–Kier alpha value is -2.42. The summed E-state index contributed by atoms with van der Waals surface area (Å²) in [6.45, 7) is 3.59. The minimum absolute atomic E-state index is 0.674. The van der Waals surface area contributed by atoms with Gasteiger partial charge in [0, 0.05) is 10.9 Å². The van der Waals surface area contributed by atoms with Gasteiger partial charge in [0.2, 0.25) is 5.88 Å². The average molecular weight is 265 g/mol. The van der Waals surface area contributed by atoms with Crippen molar-refractivity contribution in [2.75, 3.05) is 18.1 Å². The number of rotatable bonds is 1. The highest BCUT2D eigenvalue weighted by Crippen LogP contribution is 2.40. The van der Waals surface area contributed by atoms with Gasteiger partial charge in [-0.15, -0.1) is 0 Å². The lowest BCUT2D eigenvalue weighted by Crippen LogP contribution is -2.28. The fourth-order valence-electron chi connectivity index (χ4n) is 2.80. The van der Waals surface area contributed by atoms with Crippen molar-refractivity contribution in [3.63, 3.8) is 0 Å². The number of ether oxygens (including phenoxy) is 1. The first-order valence-electron chi connectivity index (χ1n) is 6.82. The first-order valence-corrected chi connectivity index (χ1v) is 6.82. The molecule has 0 saturated carbocycles. The molecular formula is C17H15NO2. The highest BCUT2D eigenvalue weighted by Gasteiger charge is 2.24. The molecule has 3 nitrogen and oxygen atoms in total. The van der Waals surface area contributed by atoms with E-state index in [0.717, 1.165) is 29.4 Å². The Morgan fingerprint density at radius 1 is 1.00 bits per heavy atom. The van der Waals surface area contributed by atoms with Gasteiger partial charge in [-0.1, -0.05) is 30.3 Å². The molecule has 0 bridgehead atoms. The number of para-hydroxylation sites is 3. The van der Waals surface area contributed by atoms with Crippen molar-refractivity contribution >= 4 is 22.5 Å². The third-order valence-corrected chi connectivity index (χ3v) is 3.79. The van der Waals surface area contributed by atoms with Gasteiger partial charge in [0.1, 0.15) is 17.9 Å². The Bertz CT molecular complexity index is 776. The maximum absolute atomic E-state index is 6.07. The second kappa shape index (κ2) is 4.30. The molecule has 4 rings (SSSR count). The van der Waals surface area contributed by atoms with E-state index in [0.29, 0.717) is 6.61 Å². The molecule has 0 radical (unpaired) electrons. The van der Waals surface area contributed by atoms with Crippen molar-refractivity contribution in [2.45, 2.75) is 6.92 Å². The fourth-order valence-corrected chi connectivity index (χ4v) is 2.80. The summed E-state index contributed by atoms with van der Waals surface area (Å²) in [5.41, 5.74) is 3.18. The van der Waals surface area contributed by atoms with Crippen LogP contribution in [-0.4, -0.2) is 13.2 Å². The normalized spacial score (nSPS) is 14.2. The summed E-state index contributed by atoms with van der Waals surface area (Å²) in [7, 11) is 0. The van der Waals surface area contributed by atoms with E-state index in [1.807, 2.05) is 36.4 Å². The van der Waals surface area contributed by atoms with E-state index in [1.54, 1.807) is 0 Å². The van der Waals surface area contributed by atoms with E-state index in [9.17, 15) is 0 Å². The van der Waals surface area contributed by atoms with E-state index in [1.165, 1.54) is 10.9 Å². The van der Waals surface area contributed by atoms with Crippen LogP contribution in [0.15, 0.2) is 52.9 Å². The first-order chi connectivity index (χ1) is 9.84. The minimum Gasteiger partial charge on any atom is -0.490 e. The molecule has 0 atom stereocenters. The van der Waals surface area contributed by atoms with Crippen molar-refractivity contribution in [3.8, 4) is 5.75 Å². The lowest BCUT2D eigenvalue weighted by molar-refractivity contribution is 0.311. The Morgan fingerprint density at radius 2 is 1.80 bits per heavy atom. The average Bonchev–Trinajstić information content (AvgIpc) is 2.84. The number of hydrogen-bond acceptors (Lipinski definition) is 3. The molecule has 0 amide bonds. The van der Waals surface area contributed by atoms with Crippen molar-refractivity contribution in [2.24, 2.45) is 0 Å². The van der Waals surface area contributed by atoms with Crippen LogP contribution in [0.2, 0.25) is 0 Å². The number of fused-ring (bicyclic) bond motifs is 2. The molecule has 3 aromatic rings. The Kier molecular flexibility index (Phi) is 2.46. The second-order valence-electron chi connectivity index (χ2n) is 5.00. The van der Waals surface area contributed by atoms with Gasteiger partial charge in [0.25, 0.3) is 0 Å². The van der Waals surface area contributed by atoms with Gasteiger partial charge < -0.3 is 14.1 Å². The molecule has 0 aliphatic carbocycles. The monoisotopic (exact) mass is 265 g/mol. The van der Waals surface area contributed by atoms with Crippen LogP contribution in [0.5, 0.6) is 5.75 Å². The topological polar surface area (TPSA) is 25.6 Å². The predicted octanol–water partition coefficient (Wildman–Crippen LogP) is 4.27. The molecule has 0 unspecified atom stereocenters. The number of anilines is 2. The van der Waals surface area contributed by atoms with Crippen molar-refractivity contribution in [3.05, 3.63) is 54.1 Å². The number of hydrogen-bond donors (Lipinski definition) is 0. The lowest BCUT2D eigenvalue weighted by atomic mass is 10.1. The minimum atomic E-state index is 0.674. The second-order valence-corrected chi connectivity index (χ2v) is 5.00. The Balaban J connectivity index is 1.90. The number of aryl methyl sites for hydroxylation is 1. The lowest BCUT2D eigenvalue weighted by Gasteiger charge is -2.29. The summed E-state index contributed by atoms with van der Waals surface area (Å²) < 4.78 is 11.8. The number of furan rings is 1. The highest BCUT2D eigenvalue weighted by molar-refractivity contribution is 5.87.